The molecule has 86 valence electrons. The minimum atomic E-state index is -1.11. The molecule has 1 aromatic carbocycles. The number of rotatable bonds is 4. The fourth-order valence-corrected chi connectivity index (χ4v) is 1.69. The molecule has 0 aliphatic rings. The number of aliphatic hydroxyl groups is 2. The molecule has 5 heteroatoms. The molecule has 4 N–H and O–H groups in total. The maximum atomic E-state index is 9.87. The van der Waals surface area contributed by atoms with E-state index in [9.17, 15) is 10.2 Å². The SMILES string of the molecule is N#Cc1ccc(N)cc1C(O)C(O)CCS. The number of thiol groups is 1. The Hall–Kier alpha value is -1.22. The third kappa shape index (κ3) is 2.89. The summed E-state index contributed by atoms with van der Waals surface area (Å²) in [7, 11) is 0. The molecule has 0 bridgehead atoms. The summed E-state index contributed by atoms with van der Waals surface area (Å²) >= 11 is 3.98. The van der Waals surface area contributed by atoms with Crippen LogP contribution in [0, 0.1) is 11.3 Å². The molecule has 0 saturated carbocycles. The largest absolute Gasteiger partial charge is 0.399 e. The highest BCUT2D eigenvalue weighted by atomic mass is 32.1. The van der Waals surface area contributed by atoms with Crippen LogP contribution in [0.2, 0.25) is 0 Å². The van der Waals surface area contributed by atoms with Gasteiger partial charge in [0, 0.05) is 11.3 Å². The van der Waals surface area contributed by atoms with E-state index in [0.29, 0.717) is 29.0 Å². The molecule has 2 unspecified atom stereocenters. The van der Waals surface area contributed by atoms with Crippen molar-refractivity contribution >= 4 is 18.3 Å². The number of anilines is 1. The van der Waals surface area contributed by atoms with Crippen LogP contribution in [0.25, 0.3) is 0 Å². The predicted octanol–water partition coefficient (Wildman–Crippen LogP) is 0.855. The van der Waals surface area contributed by atoms with E-state index in [-0.39, 0.29) is 0 Å². The van der Waals surface area contributed by atoms with Crippen molar-refractivity contribution in [3.05, 3.63) is 29.3 Å². The summed E-state index contributed by atoms with van der Waals surface area (Å²) in [5.74, 6) is 0.461. The van der Waals surface area contributed by atoms with E-state index in [1.807, 2.05) is 6.07 Å². The molecule has 0 radical (unpaired) electrons. The van der Waals surface area contributed by atoms with Gasteiger partial charge >= 0.3 is 0 Å². The Morgan fingerprint density at radius 2 is 2.12 bits per heavy atom. The predicted molar refractivity (Wildman–Crippen MR) is 65.0 cm³/mol. The lowest BCUT2D eigenvalue weighted by Crippen LogP contribution is -2.19. The van der Waals surface area contributed by atoms with Crippen LogP contribution < -0.4 is 5.73 Å². The van der Waals surface area contributed by atoms with Gasteiger partial charge in [0.15, 0.2) is 0 Å². The van der Waals surface area contributed by atoms with E-state index in [1.165, 1.54) is 12.1 Å². The van der Waals surface area contributed by atoms with E-state index in [2.05, 4.69) is 12.6 Å². The second kappa shape index (κ2) is 5.75. The lowest BCUT2D eigenvalue weighted by atomic mass is 9.97. The van der Waals surface area contributed by atoms with E-state index in [0.717, 1.165) is 0 Å². The number of hydrogen-bond donors (Lipinski definition) is 4. The molecule has 0 fully saturated rings. The van der Waals surface area contributed by atoms with Crippen molar-refractivity contribution in [2.24, 2.45) is 0 Å². The lowest BCUT2D eigenvalue weighted by molar-refractivity contribution is 0.0171. The van der Waals surface area contributed by atoms with Gasteiger partial charge in [0.05, 0.1) is 17.7 Å². The molecule has 1 rings (SSSR count). The molecular formula is C11H14N2O2S. The molecule has 0 amide bonds. The molecule has 4 nitrogen and oxygen atoms in total. The van der Waals surface area contributed by atoms with E-state index < -0.39 is 12.2 Å². The fourth-order valence-electron chi connectivity index (χ4n) is 1.43. The topological polar surface area (TPSA) is 90.3 Å². The van der Waals surface area contributed by atoms with Crippen molar-refractivity contribution in [3.63, 3.8) is 0 Å². The fraction of sp³-hybridized carbons (Fsp3) is 0.364. The summed E-state index contributed by atoms with van der Waals surface area (Å²) in [6, 6.07) is 6.57. The minimum Gasteiger partial charge on any atom is -0.399 e. The molecule has 0 spiro atoms. The molecule has 0 aliphatic carbocycles. The molecule has 0 heterocycles. The molecule has 0 aliphatic heterocycles. The number of nitrogens with zero attached hydrogens (tertiary/aromatic N) is 1. The van der Waals surface area contributed by atoms with Gasteiger partial charge in [-0.3, -0.25) is 0 Å². The van der Waals surface area contributed by atoms with Crippen LogP contribution in [0.1, 0.15) is 23.7 Å². The average molecular weight is 238 g/mol. The van der Waals surface area contributed by atoms with Gasteiger partial charge in [-0.15, -0.1) is 0 Å². The van der Waals surface area contributed by atoms with Crippen molar-refractivity contribution in [1.82, 2.24) is 0 Å². The first kappa shape index (κ1) is 12.8. The highest BCUT2D eigenvalue weighted by Crippen LogP contribution is 2.24. The summed E-state index contributed by atoms with van der Waals surface area (Å²) in [6.45, 7) is 0. The second-order valence-electron chi connectivity index (χ2n) is 3.48. The van der Waals surface area contributed by atoms with Crippen LogP contribution in [-0.2, 0) is 0 Å². The van der Waals surface area contributed by atoms with Crippen molar-refractivity contribution < 1.29 is 10.2 Å². The molecule has 1 aromatic rings. The van der Waals surface area contributed by atoms with E-state index in [1.54, 1.807) is 6.07 Å². The Labute approximate surface area is 99.7 Å². The highest BCUT2D eigenvalue weighted by molar-refractivity contribution is 7.80. The standard InChI is InChI=1S/C11H14N2O2S/c12-6-7-1-2-8(13)5-9(7)11(15)10(14)3-4-16/h1-2,5,10-11,14-16H,3-4,13H2. The summed E-state index contributed by atoms with van der Waals surface area (Å²) < 4.78 is 0. The highest BCUT2D eigenvalue weighted by Gasteiger charge is 2.20. The Morgan fingerprint density at radius 1 is 1.44 bits per heavy atom. The van der Waals surface area contributed by atoms with Crippen LogP contribution >= 0.6 is 12.6 Å². The van der Waals surface area contributed by atoms with Crippen LogP contribution in [-0.4, -0.2) is 22.1 Å². The van der Waals surface area contributed by atoms with Crippen LogP contribution in [0.3, 0.4) is 0 Å². The summed E-state index contributed by atoms with van der Waals surface area (Å²) in [5, 5.41) is 28.4. The Balaban J connectivity index is 3.02. The Morgan fingerprint density at radius 3 is 2.69 bits per heavy atom. The van der Waals surface area contributed by atoms with Gasteiger partial charge in [-0.2, -0.15) is 17.9 Å². The molecule has 0 aromatic heterocycles. The third-order valence-electron chi connectivity index (χ3n) is 2.30. The zero-order valence-corrected chi connectivity index (χ0v) is 9.56. The summed E-state index contributed by atoms with van der Waals surface area (Å²) in [6.07, 6.45) is -1.69. The van der Waals surface area contributed by atoms with Crippen molar-refractivity contribution in [1.29, 1.82) is 5.26 Å². The lowest BCUT2D eigenvalue weighted by Gasteiger charge is -2.18. The Bertz CT molecular complexity index is 403. The zero-order chi connectivity index (χ0) is 12.1. The molecule has 0 saturated heterocycles. The van der Waals surface area contributed by atoms with Crippen molar-refractivity contribution in [2.45, 2.75) is 18.6 Å². The van der Waals surface area contributed by atoms with Crippen LogP contribution in [0.4, 0.5) is 5.69 Å². The van der Waals surface area contributed by atoms with E-state index >= 15 is 0 Å². The third-order valence-corrected chi connectivity index (χ3v) is 2.56. The van der Waals surface area contributed by atoms with Crippen LogP contribution in [0.15, 0.2) is 18.2 Å². The number of aliphatic hydroxyl groups excluding tert-OH is 2. The van der Waals surface area contributed by atoms with Gasteiger partial charge in [0.1, 0.15) is 6.10 Å². The van der Waals surface area contributed by atoms with Gasteiger partial charge < -0.3 is 15.9 Å². The first-order chi connectivity index (χ1) is 7.60. The van der Waals surface area contributed by atoms with Gasteiger partial charge in [-0.1, -0.05) is 0 Å². The Kier molecular flexibility index (Phi) is 4.62. The number of nitriles is 1. The maximum absolute atomic E-state index is 9.87. The van der Waals surface area contributed by atoms with Gasteiger partial charge in [0.2, 0.25) is 0 Å². The zero-order valence-electron chi connectivity index (χ0n) is 8.67. The molecule has 16 heavy (non-hydrogen) atoms. The van der Waals surface area contributed by atoms with Gasteiger partial charge in [0.25, 0.3) is 0 Å². The summed E-state index contributed by atoms with van der Waals surface area (Å²) in [5.41, 5.74) is 6.70. The molecule has 2 atom stereocenters. The minimum absolute atomic E-state index is 0.319. The first-order valence-corrected chi connectivity index (χ1v) is 5.50. The first-order valence-electron chi connectivity index (χ1n) is 4.86. The maximum Gasteiger partial charge on any atom is 0.106 e. The number of hydrogen-bond acceptors (Lipinski definition) is 5. The average Bonchev–Trinajstić information content (AvgIpc) is 2.28. The van der Waals surface area contributed by atoms with Crippen molar-refractivity contribution in [3.8, 4) is 6.07 Å². The summed E-state index contributed by atoms with van der Waals surface area (Å²) in [4.78, 5) is 0. The van der Waals surface area contributed by atoms with Gasteiger partial charge in [-0.25, -0.2) is 0 Å². The second-order valence-corrected chi connectivity index (χ2v) is 3.93. The van der Waals surface area contributed by atoms with E-state index in [4.69, 9.17) is 11.0 Å². The number of benzene rings is 1. The smallest absolute Gasteiger partial charge is 0.106 e. The van der Waals surface area contributed by atoms with Gasteiger partial charge in [-0.05, 0) is 30.4 Å². The number of nitrogen functional groups attached to an aromatic ring is 1. The molecular weight excluding hydrogens is 224 g/mol. The normalized spacial score (nSPS) is 14.1. The van der Waals surface area contributed by atoms with Crippen LogP contribution in [0.5, 0.6) is 0 Å². The quantitative estimate of drug-likeness (QED) is 0.462. The number of nitrogens with two attached hydrogens (primary N) is 1. The monoisotopic (exact) mass is 238 g/mol. The van der Waals surface area contributed by atoms with Crippen molar-refractivity contribution in [2.75, 3.05) is 11.5 Å².